The van der Waals surface area contributed by atoms with Crippen LogP contribution in [0.25, 0.3) is 11.4 Å². The number of carbonyl (C=O) groups excluding carboxylic acids is 1. The lowest BCUT2D eigenvalue weighted by Crippen LogP contribution is -2.21. The zero-order valence-corrected chi connectivity index (χ0v) is 16.5. The Morgan fingerprint density at radius 1 is 1.10 bits per heavy atom. The number of aromatic nitrogens is 3. The van der Waals surface area contributed by atoms with Crippen LogP contribution in [0, 0.1) is 5.95 Å². The topological polar surface area (TPSA) is 68.9 Å². The highest BCUT2D eigenvalue weighted by atomic mass is 35.5. The minimum absolute atomic E-state index is 0.212. The second kappa shape index (κ2) is 8.02. The lowest BCUT2D eigenvalue weighted by atomic mass is 10.2. The molecule has 0 bridgehead atoms. The van der Waals surface area contributed by atoms with E-state index < -0.39 is 11.5 Å². The number of nitrogens with one attached hydrogen (secondary N) is 1. The largest absolute Gasteiger partial charge is 0.346 e. The summed E-state index contributed by atoms with van der Waals surface area (Å²) in [6, 6.07) is 14.1. The van der Waals surface area contributed by atoms with Crippen molar-refractivity contribution in [3.8, 4) is 11.4 Å². The number of benzene rings is 1. The van der Waals surface area contributed by atoms with Gasteiger partial charge in [-0.05, 0) is 42.5 Å². The van der Waals surface area contributed by atoms with Crippen molar-refractivity contribution in [3.05, 3.63) is 98.3 Å². The second-order valence-electron chi connectivity index (χ2n) is 6.10. The van der Waals surface area contributed by atoms with E-state index in [4.69, 9.17) is 11.6 Å². The van der Waals surface area contributed by atoms with Crippen molar-refractivity contribution in [1.82, 2.24) is 19.4 Å². The SMILES string of the molecule is O=C(NCc1cn(-c2ccc(-n3c(F)cccc3=O)cc2)cn1)c1ccc(Cl)s1. The molecule has 0 radical (unpaired) electrons. The van der Waals surface area contributed by atoms with Crippen LogP contribution in [0.15, 0.2) is 71.9 Å². The summed E-state index contributed by atoms with van der Waals surface area (Å²) >= 11 is 7.05. The van der Waals surface area contributed by atoms with Gasteiger partial charge in [0.15, 0.2) is 0 Å². The number of hydrogen-bond acceptors (Lipinski definition) is 4. The molecule has 9 heteroatoms. The van der Waals surface area contributed by atoms with Gasteiger partial charge < -0.3 is 9.88 Å². The third-order valence-electron chi connectivity index (χ3n) is 4.18. The Labute approximate surface area is 173 Å². The van der Waals surface area contributed by atoms with Crippen LogP contribution in [-0.2, 0) is 6.54 Å². The van der Waals surface area contributed by atoms with E-state index in [1.807, 2.05) is 0 Å². The lowest BCUT2D eigenvalue weighted by molar-refractivity contribution is 0.0954. The molecule has 0 atom stereocenters. The molecule has 6 nitrogen and oxygen atoms in total. The molecule has 0 aliphatic rings. The summed E-state index contributed by atoms with van der Waals surface area (Å²) in [5, 5.41) is 2.79. The molecule has 1 N–H and O–H groups in total. The summed E-state index contributed by atoms with van der Waals surface area (Å²) in [6.45, 7) is 0.268. The predicted octanol–water partition coefficient (Wildman–Crippen LogP) is 3.81. The van der Waals surface area contributed by atoms with Gasteiger partial charge in [0.2, 0.25) is 5.95 Å². The number of amides is 1. The fourth-order valence-electron chi connectivity index (χ4n) is 2.78. The van der Waals surface area contributed by atoms with E-state index in [9.17, 15) is 14.0 Å². The fourth-order valence-corrected chi connectivity index (χ4v) is 3.74. The first-order chi connectivity index (χ1) is 14.0. The lowest BCUT2D eigenvalue weighted by Gasteiger charge is -2.08. The monoisotopic (exact) mass is 428 g/mol. The normalized spacial score (nSPS) is 10.8. The van der Waals surface area contributed by atoms with Crippen molar-refractivity contribution >= 4 is 28.8 Å². The van der Waals surface area contributed by atoms with Crippen LogP contribution in [0.4, 0.5) is 4.39 Å². The van der Waals surface area contributed by atoms with Gasteiger partial charge in [-0.15, -0.1) is 11.3 Å². The molecule has 3 heterocycles. The third kappa shape index (κ3) is 4.13. The van der Waals surface area contributed by atoms with Crippen LogP contribution < -0.4 is 10.9 Å². The van der Waals surface area contributed by atoms with Gasteiger partial charge >= 0.3 is 0 Å². The smallest absolute Gasteiger partial charge is 0.261 e. The van der Waals surface area contributed by atoms with Gasteiger partial charge in [-0.1, -0.05) is 17.7 Å². The van der Waals surface area contributed by atoms with Gasteiger partial charge in [0, 0.05) is 18.0 Å². The van der Waals surface area contributed by atoms with Crippen LogP contribution in [0.3, 0.4) is 0 Å². The molecule has 0 spiro atoms. The summed E-state index contributed by atoms with van der Waals surface area (Å²) in [6.07, 6.45) is 3.40. The van der Waals surface area contributed by atoms with E-state index in [1.165, 1.54) is 29.5 Å². The molecule has 1 aromatic carbocycles. The highest BCUT2D eigenvalue weighted by molar-refractivity contribution is 7.17. The van der Waals surface area contributed by atoms with Gasteiger partial charge in [0.25, 0.3) is 11.5 Å². The molecular formula is C20H14ClFN4O2S. The van der Waals surface area contributed by atoms with Gasteiger partial charge in [-0.2, -0.15) is 4.39 Å². The predicted molar refractivity (Wildman–Crippen MR) is 110 cm³/mol. The van der Waals surface area contributed by atoms with Crippen molar-refractivity contribution in [2.75, 3.05) is 0 Å². The standard InChI is InChI=1S/C20H14ClFN4O2S/c21-17-9-8-16(29-17)20(28)23-10-13-11-25(12-24-13)14-4-6-15(7-5-14)26-18(22)2-1-3-19(26)27/h1-9,11-12H,10H2,(H,23,28). The van der Waals surface area contributed by atoms with E-state index in [0.29, 0.717) is 20.6 Å². The van der Waals surface area contributed by atoms with Gasteiger partial charge in [0.05, 0.1) is 33.5 Å². The molecule has 1 amide bonds. The number of imidazole rings is 1. The van der Waals surface area contributed by atoms with Crippen molar-refractivity contribution in [2.45, 2.75) is 6.54 Å². The molecule has 146 valence electrons. The maximum absolute atomic E-state index is 13.9. The molecule has 3 aromatic heterocycles. The van der Waals surface area contributed by atoms with Crippen molar-refractivity contribution in [1.29, 1.82) is 0 Å². The van der Waals surface area contributed by atoms with E-state index in [2.05, 4.69) is 10.3 Å². The maximum Gasteiger partial charge on any atom is 0.261 e. The van der Waals surface area contributed by atoms with Crippen LogP contribution in [0.5, 0.6) is 0 Å². The van der Waals surface area contributed by atoms with Gasteiger partial charge in [-0.25, -0.2) is 4.98 Å². The number of hydrogen-bond donors (Lipinski definition) is 1. The summed E-state index contributed by atoms with van der Waals surface area (Å²) in [7, 11) is 0. The highest BCUT2D eigenvalue weighted by Crippen LogP contribution is 2.21. The zero-order valence-electron chi connectivity index (χ0n) is 14.9. The summed E-state index contributed by atoms with van der Waals surface area (Å²) < 4.78 is 17.3. The van der Waals surface area contributed by atoms with E-state index in [1.54, 1.807) is 53.5 Å². The number of pyridine rings is 1. The summed E-state index contributed by atoms with van der Waals surface area (Å²) in [4.78, 5) is 28.8. The Balaban J connectivity index is 1.47. The molecule has 0 saturated carbocycles. The fraction of sp³-hybridized carbons (Fsp3) is 0.0500. The molecule has 4 rings (SSSR count). The van der Waals surface area contributed by atoms with Crippen LogP contribution >= 0.6 is 22.9 Å². The Morgan fingerprint density at radius 3 is 2.55 bits per heavy atom. The molecule has 29 heavy (non-hydrogen) atoms. The number of thiophene rings is 1. The minimum atomic E-state index is -0.627. The molecule has 4 aromatic rings. The quantitative estimate of drug-likeness (QED) is 0.491. The Kier molecular flexibility index (Phi) is 5.28. The molecular weight excluding hydrogens is 415 g/mol. The van der Waals surface area contributed by atoms with Gasteiger partial charge in [0.1, 0.15) is 0 Å². The summed E-state index contributed by atoms with van der Waals surface area (Å²) in [5.74, 6) is -0.839. The molecule has 0 aliphatic heterocycles. The second-order valence-corrected chi connectivity index (χ2v) is 7.81. The average Bonchev–Trinajstić information content (AvgIpc) is 3.36. The first-order valence-electron chi connectivity index (χ1n) is 8.56. The van der Waals surface area contributed by atoms with Gasteiger partial charge in [-0.3, -0.25) is 14.2 Å². The Hall–Kier alpha value is -3.23. The molecule has 0 fully saturated rings. The minimum Gasteiger partial charge on any atom is -0.346 e. The van der Waals surface area contributed by atoms with Crippen molar-refractivity contribution in [2.24, 2.45) is 0 Å². The molecule has 0 aliphatic carbocycles. The Bertz CT molecular complexity index is 1230. The molecule has 0 unspecified atom stereocenters. The average molecular weight is 429 g/mol. The van der Waals surface area contributed by atoms with Crippen LogP contribution in [0.1, 0.15) is 15.4 Å². The number of rotatable bonds is 5. The first-order valence-corrected chi connectivity index (χ1v) is 9.75. The Morgan fingerprint density at radius 2 is 1.86 bits per heavy atom. The number of halogens is 2. The van der Waals surface area contributed by atoms with E-state index in [-0.39, 0.29) is 12.5 Å². The molecule has 0 saturated heterocycles. The van der Waals surface area contributed by atoms with Crippen LogP contribution in [0.2, 0.25) is 4.34 Å². The number of carbonyl (C=O) groups is 1. The number of nitrogens with zero attached hydrogens (tertiary/aromatic N) is 3. The van der Waals surface area contributed by atoms with Crippen LogP contribution in [-0.4, -0.2) is 20.0 Å². The zero-order chi connectivity index (χ0) is 20.4. The summed E-state index contributed by atoms with van der Waals surface area (Å²) in [5.41, 5.74) is 1.45. The highest BCUT2D eigenvalue weighted by Gasteiger charge is 2.10. The van der Waals surface area contributed by atoms with Crippen molar-refractivity contribution < 1.29 is 9.18 Å². The van der Waals surface area contributed by atoms with E-state index >= 15 is 0 Å². The third-order valence-corrected chi connectivity index (χ3v) is 5.41. The van der Waals surface area contributed by atoms with E-state index in [0.717, 1.165) is 10.3 Å². The maximum atomic E-state index is 13.9. The van der Waals surface area contributed by atoms with Crippen molar-refractivity contribution in [3.63, 3.8) is 0 Å². The first kappa shape index (κ1) is 19.1.